The van der Waals surface area contributed by atoms with Gasteiger partial charge in [-0.2, -0.15) is 0 Å². The van der Waals surface area contributed by atoms with Crippen LogP contribution in [-0.2, 0) is 16.1 Å². The van der Waals surface area contributed by atoms with E-state index in [2.05, 4.69) is 36.1 Å². The number of imide groups is 1. The van der Waals surface area contributed by atoms with Crippen LogP contribution in [0.5, 0.6) is 11.8 Å². The number of fused-ring (bicyclic) bond motifs is 1. The summed E-state index contributed by atoms with van der Waals surface area (Å²) < 4.78 is 11.8. The van der Waals surface area contributed by atoms with Crippen molar-refractivity contribution >= 4 is 17.6 Å². The van der Waals surface area contributed by atoms with E-state index < -0.39 is 11.6 Å². The number of anilines is 1. The normalized spacial score (nSPS) is 23.5. The topological polar surface area (TPSA) is 93.7 Å². The van der Waals surface area contributed by atoms with Crippen molar-refractivity contribution in [3.63, 3.8) is 0 Å². The first-order chi connectivity index (χ1) is 14.1. The lowest BCUT2D eigenvalue weighted by molar-refractivity contribution is -0.121. The third kappa shape index (κ3) is 3.41. The number of nitrogens with one attached hydrogen (secondary N) is 1. The Hall–Kier alpha value is -3.00. The van der Waals surface area contributed by atoms with E-state index >= 15 is 0 Å². The average molecular weight is 410 g/mol. The standard InChI is InChI=1S/C22H26N4O4/c1-6-22(5)18(27)26(20(28)25-22)14-10-23-19(24-11-14)30-15-8-7-13-12-29-17(16(13)9-15)21(2,3)4/h7-11,17H,6,12H2,1-5H3,(H,25,28)/t17-,22+/m0/s1. The highest BCUT2D eigenvalue weighted by Gasteiger charge is 2.47. The molecule has 4 rings (SSSR count). The number of urea groups is 1. The van der Waals surface area contributed by atoms with Gasteiger partial charge in [0.1, 0.15) is 11.3 Å². The number of carbonyl (C=O) groups is 2. The number of aromatic nitrogens is 2. The monoisotopic (exact) mass is 410 g/mol. The molecule has 0 spiro atoms. The Morgan fingerprint density at radius 1 is 1.27 bits per heavy atom. The molecule has 1 saturated heterocycles. The average Bonchev–Trinajstić information content (AvgIpc) is 3.21. The molecule has 0 saturated carbocycles. The number of rotatable bonds is 4. The maximum atomic E-state index is 12.6. The van der Waals surface area contributed by atoms with Gasteiger partial charge in [0.2, 0.25) is 0 Å². The summed E-state index contributed by atoms with van der Waals surface area (Å²) in [4.78, 5) is 34.3. The SMILES string of the molecule is CC[C@@]1(C)NC(=O)N(c2cnc(Oc3ccc4c(c3)[C@@H](C(C)(C)C)OC4)nc2)C1=O. The molecule has 2 atom stereocenters. The zero-order chi connectivity index (χ0) is 21.7. The second-order valence-electron chi connectivity index (χ2n) is 9.00. The predicted octanol–water partition coefficient (Wildman–Crippen LogP) is 4.11. The molecule has 8 nitrogen and oxygen atoms in total. The molecule has 3 amide bonds. The zero-order valence-corrected chi connectivity index (χ0v) is 17.9. The van der Waals surface area contributed by atoms with Gasteiger partial charge in [0, 0.05) is 0 Å². The first-order valence-electron chi connectivity index (χ1n) is 10.0. The van der Waals surface area contributed by atoms with E-state index in [4.69, 9.17) is 9.47 Å². The summed E-state index contributed by atoms with van der Waals surface area (Å²) >= 11 is 0. The summed E-state index contributed by atoms with van der Waals surface area (Å²) in [5.41, 5.74) is 1.61. The van der Waals surface area contributed by atoms with Gasteiger partial charge < -0.3 is 14.8 Å². The number of nitrogens with zero attached hydrogens (tertiary/aromatic N) is 3. The number of ether oxygens (including phenoxy) is 2. The van der Waals surface area contributed by atoms with Crippen molar-refractivity contribution in [3.05, 3.63) is 41.7 Å². The summed E-state index contributed by atoms with van der Waals surface area (Å²) in [6.07, 6.45) is 3.31. The Morgan fingerprint density at radius 2 is 1.97 bits per heavy atom. The minimum Gasteiger partial charge on any atom is -0.424 e. The van der Waals surface area contributed by atoms with Gasteiger partial charge in [0.05, 0.1) is 30.8 Å². The Balaban J connectivity index is 1.53. The van der Waals surface area contributed by atoms with Gasteiger partial charge >= 0.3 is 12.0 Å². The van der Waals surface area contributed by atoms with Crippen LogP contribution in [0.15, 0.2) is 30.6 Å². The highest BCUT2D eigenvalue weighted by molar-refractivity contribution is 6.23. The van der Waals surface area contributed by atoms with Gasteiger partial charge in [-0.05, 0) is 42.0 Å². The molecule has 158 valence electrons. The van der Waals surface area contributed by atoms with E-state index in [0.717, 1.165) is 16.0 Å². The molecule has 8 heteroatoms. The van der Waals surface area contributed by atoms with Gasteiger partial charge in [-0.3, -0.25) is 4.79 Å². The molecular formula is C22H26N4O4. The largest absolute Gasteiger partial charge is 0.424 e. The molecule has 2 aliphatic heterocycles. The minimum absolute atomic E-state index is 0.00749. The summed E-state index contributed by atoms with van der Waals surface area (Å²) in [7, 11) is 0. The Labute approximate surface area is 175 Å². The third-order valence-corrected chi connectivity index (χ3v) is 5.64. The van der Waals surface area contributed by atoms with Crippen molar-refractivity contribution < 1.29 is 19.1 Å². The lowest BCUT2D eigenvalue weighted by Gasteiger charge is -2.26. The maximum Gasteiger partial charge on any atom is 0.329 e. The minimum atomic E-state index is -0.914. The number of benzene rings is 1. The zero-order valence-electron chi connectivity index (χ0n) is 17.9. The number of hydrogen-bond acceptors (Lipinski definition) is 6. The molecule has 0 radical (unpaired) electrons. The smallest absolute Gasteiger partial charge is 0.329 e. The maximum absolute atomic E-state index is 12.6. The number of amides is 3. The summed E-state index contributed by atoms with van der Waals surface area (Å²) in [5.74, 6) is 0.286. The Morgan fingerprint density at radius 3 is 2.57 bits per heavy atom. The molecular weight excluding hydrogens is 384 g/mol. The van der Waals surface area contributed by atoms with Crippen molar-refractivity contribution in [1.29, 1.82) is 0 Å². The van der Waals surface area contributed by atoms with Crippen molar-refractivity contribution in [2.75, 3.05) is 4.90 Å². The fourth-order valence-electron chi connectivity index (χ4n) is 3.73. The van der Waals surface area contributed by atoms with Crippen LogP contribution < -0.4 is 15.0 Å². The van der Waals surface area contributed by atoms with Crippen LogP contribution in [0.2, 0.25) is 0 Å². The van der Waals surface area contributed by atoms with E-state index in [9.17, 15) is 9.59 Å². The highest BCUT2D eigenvalue weighted by atomic mass is 16.5. The van der Waals surface area contributed by atoms with E-state index in [1.54, 1.807) is 6.92 Å². The fourth-order valence-corrected chi connectivity index (χ4v) is 3.73. The van der Waals surface area contributed by atoms with E-state index in [1.165, 1.54) is 12.4 Å². The van der Waals surface area contributed by atoms with E-state index in [0.29, 0.717) is 24.5 Å². The molecule has 3 heterocycles. The molecule has 0 aliphatic carbocycles. The van der Waals surface area contributed by atoms with Crippen LogP contribution in [0.4, 0.5) is 10.5 Å². The number of carbonyl (C=O) groups excluding carboxylic acids is 2. The van der Waals surface area contributed by atoms with Gasteiger partial charge in [-0.25, -0.2) is 19.7 Å². The van der Waals surface area contributed by atoms with Crippen LogP contribution in [0.1, 0.15) is 58.3 Å². The second kappa shape index (κ2) is 7.05. The predicted molar refractivity (Wildman–Crippen MR) is 110 cm³/mol. The van der Waals surface area contributed by atoms with Crippen LogP contribution >= 0.6 is 0 Å². The van der Waals surface area contributed by atoms with E-state index in [1.807, 2.05) is 25.1 Å². The molecule has 2 aromatic rings. The van der Waals surface area contributed by atoms with Crippen molar-refractivity contribution in [3.8, 4) is 11.8 Å². The summed E-state index contributed by atoms with van der Waals surface area (Å²) in [6, 6.07) is 5.46. The van der Waals surface area contributed by atoms with Gasteiger partial charge in [0.25, 0.3) is 5.91 Å². The van der Waals surface area contributed by atoms with Crippen molar-refractivity contribution in [2.45, 2.75) is 59.3 Å². The number of hydrogen-bond donors (Lipinski definition) is 1. The summed E-state index contributed by atoms with van der Waals surface area (Å²) in [6.45, 7) is 10.6. The van der Waals surface area contributed by atoms with E-state index in [-0.39, 0.29) is 23.4 Å². The van der Waals surface area contributed by atoms with Gasteiger partial charge in [-0.1, -0.05) is 33.8 Å². The molecule has 2 aliphatic rings. The van der Waals surface area contributed by atoms with Crippen LogP contribution in [-0.4, -0.2) is 27.4 Å². The molecule has 1 N–H and O–H groups in total. The molecule has 1 aromatic heterocycles. The van der Waals surface area contributed by atoms with Crippen LogP contribution in [0.3, 0.4) is 0 Å². The summed E-state index contributed by atoms with van der Waals surface area (Å²) in [5, 5.41) is 2.71. The molecule has 0 unspecified atom stereocenters. The van der Waals surface area contributed by atoms with Gasteiger partial charge in [0.15, 0.2) is 0 Å². The van der Waals surface area contributed by atoms with Gasteiger partial charge in [-0.15, -0.1) is 0 Å². The molecule has 1 fully saturated rings. The van der Waals surface area contributed by atoms with Crippen molar-refractivity contribution in [2.24, 2.45) is 5.41 Å². The second-order valence-corrected chi connectivity index (χ2v) is 9.00. The Kier molecular flexibility index (Phi) is 4.77. The lowest BCUT2D eigenvalue weighted by Crippen LogP contribution is -2.43. The molecule has 1 aromatic carbocycles. The molecule has 0 bridgehead atoms. The van der Waals surface area contributed by atoms with Crippen LogP contribution in [0.25, 0.3) is 0 Å². The van der Waals surface area contributed by atoms with Crippen molar-refractivity contribution in [1.82, 2.24) is 15.3 Å². The quantitative estimate of drug-likeness (QED) is 0.763. The first kappa shape index (κ1) is 20.3. The lowest BCUT2D eigenvalue weighted by atomic mass is 9.84. The Bertz CT molecular complexity index is 999. The first-order valence-corrected chi connectivity index (χ1v) is 10.0. The fraction of sp³-hybridized carbons (Fsp3) is 0.455. The molecule has 30 heavy (non-hydrogen) atoms. The van der Waals surface area contributed by atoms with Crippen LogP contribution in [0, 0.1) is 5.41 Å². The third-order valence-electron chi connectivity index (χ3n) is 5.64. The highest BCUT2D eigenvalue weighted by Crippen LogP contribution is 2.44.